The van der Waals surface area contributed by atoms with Crippen molar-refractivity contribution in [3.63, 3.8) is 0 Å². The highest BCUT2D eigenvalue weighted by Gasteiger charge is 2.20. The largest absolute Gasteiger partial charge is 0.480 e. The molecule has 3 N–H and O–H groups in total. The quantitative estimate of drug-likeness (QED) is 0.158. The first-order chi connectivity index (χ1) is 22.8. The molecule has 6 aromatic rings. The Hall–Kier alpha value is -6.36. The van der Waals surface area contributed by atoms with Crippen LogP contribution in [-0.2, 0) is 22.6 Å². The number of carbonyl (C=O) groups excluding carboxylic acids is 2. The number of aromatic amines is 1. The van der Waals surface area contributed by atoms with Gasteiger partial charge in [0.15, 0.2) is 0 Å². The number of aliphatic carboxylic acids is 1. The fourth-order valence-corrected chi connectivity index (χ4v) is 4.99. The van der Waals surface area contributed by atoms with E-state index in [0.717, 1.165) is 22.3 Å². The molecule has 234 valence electrons. The zero-order valence-corrected chi connectivity index (χ0v) is 25.4. The lowest BCUT2D eigenvalue weighted by Gasteiger charge is -2.21. The minimum absolute atomic E-state index is 0.0684. The van der Waals surface area contributed by atoms with Gasteiger partial charge < -0.3 is 24.8 Å². The molecule has 11 heteroatoms. The Morgan fingerprint density at radius 2 is 1.47 bits per heavy atom. The van der Waals surface area contributed by atoms with Gasteiger partial charge in [-0.15, -0.1) is 0 Å². The van der Waals surface area contributed by atoms with Crippen molar-refractivity contribution < 1.29 is 24.0 Å². The van der Waals surface area contributed by atoms with Gasteiger partial charge >= 0.3 is 5.97 Å². The molecule has 0 saturated heterocycles. The number of imidazole rings is 1. The van der Waals surface area contributed by atoms with Gasteiger partial charge in [-0.2, -0.15) is 4.98 Å². The van der Waals surface area contributed by atoms with Crippen LogP contribution in [0.1, 0.15) is 27.2 Å². The molecule has 0 fully saturated rings. The third-order valence-electron chi connectivity index (χ3n) is 7.46. The lowest BCUT2D eigenvalue weighted by Crippen LogP contribution is -2.35. The highest BCUT2D eigenvalue weighted by Crippen LogP contribution is 2.26. The maximum Gasteiger partial charge on any atom is 0.323 e. The minimum Gasteiger partial charge on any atom is -0.480 e. The Bertz CT molecular complexity index is 1980. The standard InChI is InChI=1S/C36H30N6O5/c1-23-2-6-25(7-3-23)26-10-12-28(13-11-26)35-40-34(41-47-35)27-8-4-24(5-9-27)20-42(21-33(44)45)36(46)29-14-16-30(17-15-29)39-32(43)18-31-19-37-22-38-31/h2-17,19,22H,18,20-21H2,1H3,(H,37,38)(H,39,43)(H,44,45). The van der Waals surface area contributed by atoms with Gasteiger partial charge in [-0.25, -0.2) is 4.98 Å². The number of hydrogen-bond donors (Lipinski definition) is 3. The van der Waals surface area contributed by atoms with Crippen LogP contribution < -0.4 is 5.32 Å². The average Bonchev–Trinajstić information content (AvgIpc) is 3.78. The summed E-state index contributed by atoms with van der Waals surface area (Å²) in [5.41, 5.74) is 7.12. The molecule has 0 atom stereocenters. The Labute approximate surface area is 269 Å². The van der Waals surface area contributed by atoms with Crippen LogP contribution in [0.2, 0.25) is 0 Å². The fourth-order valence-electron chi connectivity index (χ4n) is 4.99. The number of aromatic nitrogens is 4. The first kappa shape index (κ1) is 30.7. The first-order valence-electron chi connectivity index (χ1n) is 14.8. The van der Waals surface area contributed by atoms with E-state index in [1.54, 1.807) is 54.7 Å². The number of hydrogen-bond acceptors (Lipinski definition) is 7. The van der Waals surface area contributed by atoms with Gasteiger partial charge in [0.05, 0.1) is 12.7 Å². The fraction of sp³-hybridized carbons (Fsp3) is 0.111. The summed E-state index contributed by atoms with van der Waals surface area (Å²) in [6, 6.07) is 29.7. The summed E-state index contributed by atoms with van der Waals surface area (Å²) in [4.78, 5) is 49.8. The van der Waals surface area contributed by atoms with Crippen molar-refractivity contribution in [1.82, 2.24) is 25.0 Å². The second-order valence-electron chi connectivity index (χ2n) is 11.0. The van der Waals surface area contributed by atoms with Crippen molar-refractivity contribution in [2.24, 2.45) is 0 Å². The van der Waals surface area contributed by atoms with E-state index in [1.807, 2.05) is 24.3 Å². The maximum absolute atomic E-state index is 13.3. The van der Waals surface area contributed by atoms with Crippen LogP contribution in [-0.4, -0.2) is 54.4 Å². The summed E-state index contributed by atoms with van der Waals surface area (Å²) >= 11 is 0. The van der Waals surface area contributed by atoms with Gasteiger partial charge in [-0.1, -0.05) is 71.4 Å². The third kappa shape index (κ3) is 7.66. The molecule has 2 amide bonds. The van der Waals surface area contributed by atoms with Gasteiger partial charge in [0.25, 0.3) is 11.8 Å². The topological polar surface area (TPSA) is 154 Å². The number of carboxylic acids is 1. The molecular weight excluding hydrogens is 596 g/mol. The zero-order chi connectivity index (χ0) is 32.8. The normalized spacial score (nSPS) is 10.8. The number of carbonyl (C=O) groups is 3. The molecule has 0 aliphatic heterocycles. The molecule has 11 nitrogen and oxygen atoms in total. The van der Waals surface area contributed by atoms with E-state index in [0.29, 0.717) is 34.2 Å². The monoisotopic (exact) mass is 626 g/mol. The Balaban J connectivity index is 1.09. The number of amides is 2. The number of anilines is 1. The number of rotatable bonds is 11. The molecule has 47 heavy (non-hydrogen) atoms. The molecule has 4 aromatic carbocycles. The van der Waals surface area contributed by atoms with Crippen molar-refractivity contribution >= 4 is 23.5 Å². The molecule has 0 saturated carbocycles. The highest BCUT2D eigenvalue weighted by molar-refractivity contribution is 5.97. The summed E-state index contributed by atoms with van der Waals surface area (Å²) in [5.74, 6) is -1.04. The van der Waals surface area contributed by atoms with E-state index in [2.05, 4.69) is 56.6 Å². The van der Waals surface area contributed by atoms with Crippen LogP contribution >= 0.6 is 0 Å². The summed E-state index contributed by atoms with van der Waals surface area (Å²) in [6.07, 6.45) is 3.19. The smallest absolute Gasteiger partial charge is 0.323 e. The van der Waals surface area contributed by atoms with Crippen molar-refractivity contribution in [2.45, 2.75) is 19.9 Å². The molecule has 0 radical (unpaired) electrons. The van der Waals surface area contributed by atoms with E-state index in [4.69, 9.17) is 4.52 Å². The zero-order valence-electron chi connectivity index (χ0n) is 25.4. The minimum atomic E-state index is -1.14. The average molecular weight is 627 g/mol. The number of nitrogens with one attached hydrogen (secondary N) is 2. The van der Waals surface area contributed by atoms with E-state index >= 15 is 0 Å². The lowest BCUT2D eigenvalue weighted by atomic mass is 10.0. The third-order valence-corrected chi connectivity index (χ3v) is 7.46. The number of aryl methyl sites for hydroxylation is 1. The number of H-pyrrole nitrogens is 1. The van der Waals surface area contributed by atoms with Crippen molar-refractivity contribution in [1.29, 1.82) is 0 Å². The van der Waals surface area contributed by atoms with Crippen LogP contribution in [0.3, 0.4) is 0 Å². The Morgan fingerprint density at radius 3 is 2.11 bits per heavy atom. The van der Waals surface area contributed by atoms with Gasteiger partial charge in [0.2, 0.25) is 11.7 Å². The number of benzene rings is 4. The van der Waals surface area contributed by atoms with E-state index in [-0.39, 0.29) is 18.9 Å². The van der Waals surface area contributed by atoms with E-state index in [9.17, 15) is 19.5 Å². The number of nitrogens with zero attached hydrogens (tertiary/aromatic N) is 4. The molecule has 0 unspecified atom stereocenters. The van der Waals surface area contributed by atoms with Gasteiger partial charge in [0, 0.05) is 40.8 Å². The number of carboxylic acid groups (broad SMARTS) is 1. The highest BCUT2D eigenvalue weighted by atomic mass is 16.5. The van der Waals surface area contributed by atoms with Crippen LogP contribution in [0.15, 0.2) is 114 Å². The maximum atomic E-state index is 13.3. The molecule has 2 heterocycles. The summed E-state index contributed by atoms with van der Waals surface area (Å²) in [6.45, 7) is 1.64. The summed E-state index contributed by atoms with van der Waals surface area (Å²) in [5, 5.41) is 16.4. The predicted molar refractivity (Wildman–Crippen MR) is 175 cm³/mol. The first-order valence-corrected chi connectivity index (χ1v) is 14.8. The van der Waals surface area contributed by atoms with E-state index < -0.39 is 18.4 Å². The molecular formula is C36H30N6O5. The van der Waals surface area contributed by atoms with E-state index in [1.165, 1.54) is 16.8 Å². The van der Waals surface area contributed by atoms with Crippen LogP contribution in [0.25, 0.3) is 34.0 Å². The van der Waals surface area contributed by atoms with Gasteiger partial charge in [-0.3, -0.25) is 14.4 Å². The molecule has 2 aromatic heterocycles. The second kappa shape index (κ2) is 13.7. The second-order valence-corrected chi connectivity index (χ2v) is 11.0. The molecule has 0 spiro atoms. The lowest BCUT2D eigenvalue weighted by molar-refractivity contribution is -0.137. The van der Waals surface area contributed by atoms with Gasteiger partial charge in [-0.05, 0) is 60.0 Å². The molecule has 0 aliphatic rings. The Kier molecular flexibility index (Phi) is 8.96. The van der Waals surface area contributed by atoms with Gasteiger partial charge in [0.1, 0.15) is 6.54 Å². The molecule has 0 bridgehead atoms. The van der Waals surface area contributed by atoms with Crippen LogP contribution in [0, 0.1) is 6.92 Å². The van der Waals surface area contributed by atoms with Crippen molar-refractivity contribution in [3.05, 3.63) is 132 Å². The molecule has 0 aliphatic carbocycles. The van der Waals surface area contributed by atoms with Crippen molar-refractivity contribution in [3.8, 4) is 34.0 Å². The van der Waals surface area contributed by atoms with Crippen LogP contribution in [0.4, 0.5) is 5.69 Å². The van der Waals surface area contributed by atoms with Crippen molar-refractivity contribution in [2.75, 3.05) is 11.9 Å². The SMILES string of the molecule is Cc1ccc(-c2ccc(-c3nc(-c4ccc(CN(CC(=O)O)C(=O)c5ccc(NC(=O)Cc6cnc[nH]6)cc5)cc4)no3)cc2)cc1. The Morgan fingerprint density at radius 1 is 0.830 bits per heavy atom. The predicted octanol–water partition coefficient (Wildman–Crippen LogP) is 6.01. The summed E-state index contributed by atoms with van der Waals surface area (Å²) in [7, 11) is 0. The molecule has 6 rings (SSSR count). The van der Waals surface area contributed by atoms with Crippen LogP contribution in [0.5, 0.6) is 0 Å². The summed E-state index contributed by atoms with van der Waals surface area (Å²) < 4.78 is 5.53.